The van der Waals surface area contributed by atoms with Crippen LogP contribution in [-0.2, 0) is 4.74 Å². The van der Waals surface area contributed by atoms with E-state index in [1.165, 1.54) is 5.56 Å². The second kappa shape index (κ2) is 12.9. The highest BCUT2D eigenvalue weighted by atomic mass is 127. The van der Waals surface area contributed by atoms with Gasteiger partial charge in [-0.1, -0.05) is 17.7 Å². The lowest BCUT2D eigenvalue weighted by Crippen LogP contribution is -2.44. The number of alkyl carbamates (subject to hydrolysis) is 1. The van der Waals surface area contributed by atoms with E-state index in [9.17, 15) is 4.79 Å². The number of carbonyl (C=O) groups excluding carboxylic acids is 1. The molecule has 7 nitrogen and oxygen atoms in total. The van der Waals surface area contributed by atoms with Crippen molar-refractivity contribution >= 4 is 36.0 Å². The molecule has 0 bridgehead atoms. The third-order valence-corrected chi connectivity index (χ3v) is 4.56. The molecule has 1 fully saturated rings. The average molecular weight is 532 g/mol. The Morgan fingerprint density at radius 3 is 2.57 bits per heavy atom. The molecule has 0 radical (unpaired) electrons. The first-order valence-electron chi connectivity index (χ1n) is 10.4. The molecule has 0 saturated carbocycles. The molecule has 1 saturated heterocycles. The van der Waals surface area contributed by atoms with E-state index >= 15 is 0 Å². The summed E-state index contributed by atoms with van der Waals surface area (Å²) in [5, 5.41) is 6.35. The molecule has 1 aliphatic rings. The number of rotatable bonds is 7. The summed E-state index contributed by atoms with van der Waals surface area (Å²) >= 11 is 0. The topological polar surface area (TPSA) is 75.2 Å². The number of hydrogen-bond donors (Lipinski definition) is 2. The number of hydrogen-bond acceptors (Lipinski definition) is 4. The van der Waals surface area contributed by atoms with Crippen LogP contribution in [0, 0.1) is 6.92 Å². The minimum Gasteiger partial charge on any atom is -0.494 e. The Morgan fingerprint density at radius 2 is 1.93 bits per heavy atom. The number of aliphatic imine (C=N–C) groups is 1. The van der Waals surface area contributed by atoms with Crippen molar-refractivity contribution in [2.24, 2.45) is 4.99 Å². The number of halogens is 1. The Kier molecular flexibility index (Phi) is 11.3. The number of amides is 1. The first-order valence-corrected chi connectivity index (χ1v) is 10.4. The number of nitrogens with one attached hydrogen (secondary N) is 2. The van der Waals surface area contributed by atoms with Gasteiger partial charge in [0, 0.05) is 26.7 Å². The molecule has 8 heteroatoms. The standard InChI is InChI=1S/C22H36N4O3.HI/c1-17-8-10-19(11-9-17)28-15-7-6-13-24-20(23-5)26-14-12-18(16-26)25-21(27)29-22(2,3)4;/h8-11,18H,6-7,12-16H2,1-5H3,(H,23,24)(H,25,27);1H. The molecule has 170 valence electrons. The summed E-state index contributed by atoms with van der Waals surface area (Å²) in [5.41, 5.74) is 0.752. The first kappa shape index (κ1) is 26.3. The predicted octanol–water partition coefficient (Wildman–Crippen LogP) is 3.95. The van der Waals surface area contributed by atoms with Crippen LogP contribution in [0.4, 0.5) is 4.79 Å². The molecule has 1 unspecified atom stereocenters. The van der Waals surface area contributed by atoms with E-state index in [1.54, 1.807) is 7.05 Å². The van der Waals surface area contributed by atoms with Crippen LogP contribution in [0.15, 0.2) is 29.3 Å². The third kappa shape index (κ3) is 9.86. The molecule has 0 aliphatic carbocycles. The largest absolute Gasteiger partial charge is 0.494 e. The summed E-state index contributed by atoms with van der Waals surface area (Å²) in [4.78, 5) is 18.5. The molecule has 1 aliphatic heterocycles. The number of aryl methyl sites for hydroxylation is 1. The number of nitrogens with zero attached hydrogens (tertiary/aromatic N) is 2. The van der Waals surface area contributed by atoms with Gasteiger partial charge in [0.25, 0.3) is 0 Å². The van der Waals surface area contributed by atoms with Crippen molar-refractivity contribution in [2.45, 2.75) is 58.6 Å². The molecule has 2 N–H and O–H groups in total. The maximum absolute atomic E-state index is 11.9. The van der Waals surface area contributed by atoms with Gasteiger partial charge >= 0.3 is 6.09 Å². The quantitative estimate of drug-likeness (QED) is 0.241. The molecular weight excluding hydrogens is 495 g/mol. The fourth-order valence-electron chi connectivity index (χ4n) is 3.13. The van der Waals surface area contributed by atoms with Crippen molar-refractivity contribution in [3.8, 4) is 5.75 Å². The van der Waals surface area contributed by atoms with Gasteiger partial charge in [0.2, 0.25) is 0 Å². The van der Waals surface area contributed by atoms with Gasteiger partial charge in [-0.25, -0.2) is 4.79 Å². The van der Waals surface area contributed by atoms with Crippen LogP contribution in [-0.4, -0.2) is 61.9 Å². The fraction of sp³-hybridized carbons (Fsp3) is 0.636. The molecule has 1 aromatic carbocycles. The van der Waals surface area contributed by atoms with Crippen molar-refractivity contribution < 1.29 is 14.3 Å². The molecule has 1 amide bonds. The van der Waals surface area contributed by atoms with E-state index in [2.05, 4.69) is 39.6 Å². The number of ether oxygens (including phenoxy) is 2. The van der Waals surface area contributed by atoms with Crippen LogP contribution >= 0.6 is 24.0 Å². The number of guanidine groups is 1. The van der Waals surface area contributed by atoms with Crippen LogP contribution in [0.5, 0.6) is 5.75 Å². The summed E-state index contributed by atoms with van der Waals surface area (Å²) in [6, 6.07) is 8.20. The highest BCUT2D eigenvalue weighted by Gasteiger charge is 2.27. The monoisotopic (exact) mass is 532 g/mol. The van der Waals surface area contributed by atoms with Crippen molar-refractivity contribution in [1.29, 1.82) is 0 Å². The third-order valence-electron chi connectivity index (χ3n) is 4.56. The predicted molar refractivity (Wildman–Crippen MR) is 132 cm³/mol. The van der Waals surface area contributed by atoms with Gasteiger partial charge < -0.3 is 25.0 Å². The van der Waals surface area contributed by atoms with E-state index in [4.69, 9.17) is 9.47 Å². The average Bonchev–Trinajstić information content (AvgIpc) is 3.09. The molecule has 1 heterocycles. The molecule has 1 atom stereocenters. The second-order valence-corrected chi connectivity index (χ2v) is 8.42. The minimum atomic E-state index is -0.483. The van der Waals surface area contributed by atoms with Crippen molar-refractivity contribution in [1.82, 2.24) is 15.5 Å². The van der Waals surface area contributed by atoms with Gasteiger partial charge in [-0.3, -0.25) is 4.99 Å². The fourth-order valence-corrected chi connectivity index (χ4v) is 3.13. The molecule has 30 heavy (non-hydrogen) atoms. The summed E-state index contributed by atoms with van der Waals surface area (Å²) in [6.07, 6.45) is 2.49. The Balaban J connectivity index is 0.00000450. The molecule has 0 spiro atoms. The summed E-state index contributed by atoms with van der Waals surface area (Å²) in [7, 11) is 1.79. The SMILES string of the molecule is CN=C(NCCCCOc1ccc(C)cc1)N1CCC(NC(=O)OC(C)(C)C)C1.I. The van der Waals surface area contributed by atoms with Gasteiger partial charge in [-0.2, -0.15) is 0 Å². The number of unbranched alkanes of at least 4 members (excludes halogenated alkanes) is 1. The van der Waals surface area contributed by atoms with Crippen molar-refractivity contribution in [3.63, 3.8) is 0 Å². The molecule has 0 aromatic heterocycles. The van der Waals surface area contributed by atoms with E-state index in [-0.39, 0.29) is 36.1 Å². The lowest BCUT2D eigenvalue weighted by Gasteiger charge is -2.23. The molecule has 1 aromatic rings. The zero-order valence-electron chi connectivity index (χ0n) is 18.9. The van der Waals surface area contributed by atoms with Crippen LogP contribution < -0.4 is 15.4 Å². The summed E-state index contributed by atoms with van der Waals surface area (Å²) in [5.74, 6) is 1.79. The van der Waals surface area contributed by atoms with Crippen LogP contribution in [0.1, 0.15) is 45.6 Å². The van der Waals surface area contributed by atoms with E-state index in [0.29, 0.717) is 6.61 Å². The number of carbonyl (C=O) groups is 1. The number of benzene rings is 1. The summed E-state index contributed by atoms with van der Waals surface area (Å²) in [6.45, 7) is 10.8. The highest BCUT2D eigenvalue weighted by Crippen LogP contribution is 2.13. The van der Waals surface area contributed by atoms with Crippen LogP contribution in [0.3, 0.4) is 0 Å². The Morgan fingerprint density at radius 1 is 1.23 bits per heavy atom. The van der Waals surface area contributed by atoms with E-state index in [1.807, 2.05) is 32.9 Å². The van der Waals surface area contributed by atoms with Gasteiger partial charge in [0.05, 0.1) is 12.6 Å². The number of likely N-dealkylation sites (tertiary alicyclic amines) is 1. The smallest absolute Gasteiger partial charge is 0.407 e. The van der Waals surface area contributed by atoms with Gasteiger partial charge in [0.15, 0.2) is 5.96 Å². The maximum Gasteiger partial charge on any atom is 0.407 e. The normalized spacial score (nSPS) is 16.6. The zero-order chi connectivity index (χ0) is 21.3. The minimum absolute atomic E-state index is 0. The van der Waals surface area contributed by atoms with Crippen LogP contribution in [0.2, 0.25) is 0 Å². The van der Waals surface area contributed by atoms with E-state index in [0.717, 1.165) is 50.6 Å². The molecular formula is C22H37IN4O3. The highest BCUT2D eigenvalue weighted by molar-refractivity contribution is 14.0. The van der Waals surface area contributed by atoms with Crippen molar-refractivity contribution in [3.05, 3.63) is 29.8 Å². The van der Waals surface area contributed by atoms with Gasteiger partial charge in [-0.15, -0.1) is 24.0 Å². The molecule has 2 rings (SSSR count). The summed E-state index contributed by atoms with van der Waals surface area (Å²) < 4.78 is 11.1. The Bertz CT molecular complexity index is 674. The second-order valence-electron chi connectivity index (χ2n) is 8.42. The lowest BCUT2D eigenvalue weighted by atomic mass is 10.2. The zero-order valence-corrected chi connectivity index (χ0v) is 21.2. The Labute approximate surface area is 198 Å². The van der Waals surface area contributed by atoms with Gasteiger partial charge in [-0.05, 0) is 59.1 Å². The first-order chi connectivity index (χ1) is 13.8. The Hall–Kier alpha value is -1.71. The van der Waals surface area contributed by atoms with Crippen molar-refractivity contribution in [2.75, 3.05) is 33.3 Å². The lowest BCUT2D eigenvalue weighted by molar-refractivity contribution is 0.0507. The van der Waals surface area contributed by atoms with Gasteiger partial charge in [0.1, 0.15) is 11.4 Å². The van der Waals surface area contributed by atoms with Crippen LogP contribution in [0.25, 0.3) is 0 Å². The van der Waals surface area contributed by atoms with E-state index < -0.39 is 5.60 Å². The maximum atomic E-state index is 11.9.